The molecule has 4 aromatic rings. The third-order valence-corrected chi connectivity index (χ3v) is 14.7. The molecule has 2 heterocycles. The zero-order chi connectivity index (χ0) is 57.7. The number of hydrogen-bond acceptors (Lipinski definition) is 8. The number of rotatable bonds is 26. The Morgan fingerprint density at radius 3 is 1.24 bits per heavy atom. The Balaban J connectivity index is 0.000000294. The van der Waals surface area contributed by atoms with E-state index in [1.807, 2.05) is 82.6 Å². The normalized spacial score (nSPS) is 15.6. The monoisotopic (exact) mass is 1100 g/mol. The zero-order valence-corrected chi connectivity index (χ0v) is 50.2. The second-order valence-corrected chi connectivity index (χ2v) is 23.8. The summed E-state index contributed by atoms with van der Waals surface area (Å²) in [5.74, 6) is 1.97. The van der Waals surface area contributed by atoms with E-state index in [2.05, 4.69) is 130 Å². The molecular weight excluding hydrogens is 1000 g/mol. The SMILES string of the molecule is CC(C)C[C@H](NC(=O)N1CCCCCC1)C(=O)N[C@H](CNC(C)(C)C)Cc1ccc(OCc2ccccc2)cc1.CCN(CC)C[C@H](Cc1ccc(OCc2ccccc2)cc1)NC(=O)[C@H](CC(C)C)NC(=O)N1CCCCCC1. The molecule has 440 valence electrons. The van der Waals surface area contributed by atoms with E-state index < -0.39 is 12.1 Å². The maximum absolute atomic E-state index is 13.6. The van der Waals surface area contributed by atoms with Crippen molar-refractivity contribution in [3.63, 3.8) is 0 Å². The lowest BCUT2D eigenvalue weighted by Gasteiger charge is -2.30. The fourth-order valence-electron chi connectivity index (χ4n) is 10.1. The number of benzene rings is 4. The van der Waals surface area contributed by atoms with Gasteiger partial charge in [-0.2, -0.15) is 0 Å². The third kappa shape index (κ3) is 25.1. The lowest BCUT2D eigenvalue weighted by Crippen LogP contribution is -2.56. The van der Waals surface area contributed by atoms with E-state index in [4.69, 9.17) is 9.47 Å². The van der Waals surface area contributed by atoms with Gasteiger partial charge in [0.1, 0.15) is 36.8 Å². The van der Waals surface area contributed by atoms with Gasteiger partial charge in [0.25, 0.3) is 0 Å². The zero-order valence-electron chi connectivity index (χ0n) is 50.2. The molecule has 0 unspecified atom stereocenters. The molecule has 0 radical (unpaired) electrons. The van der Waals surface area contributed by atoms with E-state index in [0.29, 0.717) is 45.4 Å². The molecule has 80 heavy (non-hydrogen) atoms. The summed E-state index contributed by atoms with van der Waals surface area (Å²) in [5, 5.41) is 16.2. The quantitative estimate of drug-likeness (QED) is 0.0416. The second-order valence-electron chi connectivity index (χ2n) is 23.8. The summed E-state index contributed by atoms with van der Waals surface area (Å²) in [6.45, 7) is 26.3. The molecule has 2 aliphatic rings. The van der Waals surface area contributed by atoms with Gasteiger partial charge in [0.15, 0.2) is 0 Å². The van der Waals surface area contributed by atoms with E-state index in [0.717, 1.165) is 131 Å². The Hall–Kier alpha value is -6.12. The van der Waals surface area contributed by atoms with E-state index in [1.165, 1.54) is 0 Å². The van der Waals surface area contributed by atoms with Crippen molar-refractivity contribution < 1.29 is 28.7 Å². The van der Waals surface area contributed by atoms with Crippen LogP contribution in [0.1, 0.15) is 149 Å². The molecule has 4 aromatic carbocycles. The van der Waals surface area contributed by atoms with Crippen LogP contribution in [0.25, 0.3) is 0 Å². The van der Waals surface area contributed by atoms with Gasteiger partial charge in [-0.15, -0.1) is 0 Å². The van der Waals surface area contributed by atoms with Crippen molar-refractivity contribution in [1.29, 1.82) is 0 Å². The van der Waals surface area contributed by atoms with Gasteiger partial charge in [0, 0.05) is 56.9 Å². The molecule has 0 spiro atoms. The van der Waals surface area contributed by atoms with Crippen molar-refractivity contribution in [3.8, 4) is 11.5 Å². The highest BCUT2D eigenvalue weighted by Gasteiger charge is 2.29. The molecule has 5 N–H and O–H groups in total. The van der Waals surface area contributed by atoms with Gasteiger partial charge >= 0.3 is 12.1 Å². The number of hydrogen-bond donors (Lipinski definition) is 5. The Morgan fingerprint density at radius 1 is 0.500 bits per heavy atom. The van der Waals surface area contributed by atoms with Crippen molar-refractivity contribution in [2.24, 2.45) is 11.8 Å². The van der Waals surface area contributed by atoms with Crippen LogP contribution in [0.5, 0.6) is 11.5 Å². The number of ether oxygens (including phenoxy) is 2. The largest absolute Gasteiger partial charge is 0.489 e. The number of likely N-dealkylation sites (tertiary alicyclic amines) is 2. The predicted octanol–water partition coefficient (Wildman–Crippen LogP) is 11.3. The minimum Gasteiger partial charge on any atom is -0.489 e. The molecule has 0 bridgehead atoms. The molecule has 6 amide bonds. The summed E-state index contributed by atoms with van der Waals surface area (Å²) in [4.78, 5) is 59.4. The average Bonchev–Trinajstić information content (AvgIpc) is 3.90. The van der Waals surface area contributed by atoms with Crippen molar-refractivity contribution in [2.75, 3.05) is 52.4 Å². The van der Waals surface area contributed by atoms with Gasteiger partial charge in [-0.25, -0.2) is 9.59 Å². The Labute approximate surface area is 481 Å². The highest BCUT2D eigenvalue weighted by Crippen LogP contribution is 2.20. The highest BCUT2D eigenvalue weighted by molar-refractivity contribution is 5.88. The first-order valence-corrected chi connectivity index (χ1v) is 30.2. The van der Waals surface area contributed by atoms with Crippen molar-refractivity contribution >= 4 is 23.9 Å². The molecule has 0 saturated carbocycles. The van der Waals surface area contributed by atoms with Crippen LogP contribution in [0.2, 0.25) is 0 Å². The topological polar surface area (TPSA) is 157 Å². The fourth-order valence-corrected chi connectivity index (χ4v) is 10.1. The lowest BCUT2D eigenvalue weighted by molar-refractivity contribution is -0.124. The maximum atomic E-state index is 13.6. The van der Waals surface area contributed by atoms with Gasteiger partial charge in [-0.1, -0.05) is 152 Å². The van der Waals surface area contributed by atoms with Gasteiger partial charge in [0.2, 0.25) is 11.8 Å². The molecule has 2 fully saturated rings. The Kier molecular flexibility index (Phi) is 28.2. The minimum atomic E-state index is -0.568. The number of carbonyl (C=O) groups is 4. The van der Waals surface area contributed by atoms with Crippen LogP contribution in [0, 0.1) is 11.8 Å². The van der Waals surface area contributed by atoms with Crippen LogP contribution >= 0.6 is 0 Å². The van der Waals surface area contributed by atoms with Crippen molar-refractivity contribution in [3.05, 3.63) is 131 Å². The minimum absolute atomic E-state index is 0.0757. The van der Waals surface area contributed by atoms with Crippen LogP contribution in [0.15, 0.2) is 109 Å². The summed E-state index contributed by atoms with van der Waals surface area (Å²) in [6.07, 6.45) is 11.3. The Bertz CT molecular complexity index is 2360. The molecular formula is C66H100N8O6. The summed E-state index contributed by atoms with van der Waals surface area (Å²) in [6, 6.07) is 34.9. The van der Waals surface area contributed by atoms with E-state index in [1.54, 1.807) is 0 Å². The van der Waals surface area contributed by atoms with Crippen molar-refractivity contribution in [2.45, 2.75) is 182 Å². The first-order chi connectivity index (χ1) is 38.5. The first kappa shape index (κ1) is 64.7. The average molecular weight is 1100 g/mol. The summed E-state index contributed by atoms with van der Waals surface area (Å²) in [7, 11) is 0. The van der Waals surface area contributed by atoms with Crippen molar-refractivity contribution in [1.82, 2.24) is 41.3 Å². The molecule has 2 aliphatic heterocycles. The lowest BCUT2D eigenvalue weighted by atomic mass is 10.0. The number of urea groups is 2. The van der Waals surface area contributed by atoms with Crippen LogP contribution in [-0.4, -0.2) is 121 Å². The standard InChI is InChI=1S/2C33H50N4O3/c1-25(2)21-30(36-32(39)37-19-11-6-7-12-20-37)31(38)35-28(23-34-33(3,4)5)22-26-15-17-29(18-16-26)40-24-27-13-9-8-10-14-27;1-5-36(6-2)24-29(23-27-16-18-30(19-17-27)40-25-28-14-10-9-11-15-28)34-32(38)31(22-26(3)4)35-33(39)37-20-12-7-8-13-21-37/h8-10,13-18,25,28,30,34H,6-7,11-12,19-24H2,1-5H3,(H,35,38)(H,36,39);9-11,14-19,26,29,31H,5-8,12-13,20-25H2,1-4H3,(H,34,38)(H,35,39)/t28-,30-;29-,31-/m00/s1. The van der Waals surface area contributed by atoms with Crippen LogP contribution in [-0.2, 0) is 35.6 Å². The number of likely N-dealkylation sites (N-methyl/N-ethyl adjacent to an activating group) is 1. The summed E-state index contributed by atoms with van der Waals surface area (Å²) in [5.41, 5.74) is 4.42. The Morgan fingerprint density at radius 2 is 0.875 bits per heavy atom. The van der Waals surface area contributed by atoms with E-state index in [9.17, 15) is 19.2 Å². The molecule has 14 heteroatoms. The molecule has 4 atom stereocenters. The molecule has 0 aliphatic carbocycles. The van der Waals surface area contributed by atoms with Crippen LogP contribution in [0.3, 0.4) is 0 Å². The number of amides is 6. The van der Waals surface area contributed by atoms with E-state index in [-0.39, 0.29) is 53.3 Å². The highest BCUT2D eigenvalue weighted by atomic mass is 16.5. The molecule has 14 nitrogen and oxygen atoms in total. The molecule has 6 rings (SSSR count). The second kappa shape index (κ2) is 34.9. The predicted molar refractivity (Wildman–Crippen MR) is 325 cm³/mol. The fraction of sp³-hybridized carbons (Fsp3) is 0.576. The number of nitrogens with one attached hydrogen (secondary N) is 5. The van der Waals surface area contributed by atoms with Gasteiger partial charge in [0.05, 0.1) is 0 Å². The van der Waals surface area contributed by atoms with Crippen LogP contribution in [0.4, 0.5) is 9.59 Å². The number of nitrogens with zero attached hydrogens (tertiary/aromatic N) is 3. The van der Waals surface area contributed by atoms with E-state index >= 15 is 0 Å². The summed E-state index contributed by atoms with van der Waals surface area (Å²) >= 11 is 0. The molecule has 2 saturated heterocycles. The van der Waals surface area contributed by atoms with Gasteiger partial charge in [-0.3, -0.25) is 9.59 Å². The third-order valence-electron chi connectivity index (χ3n) is 14.7. The van der Waals surface area contributed by atoms with Crippen LogP contribution < -0.4 is 36.1 Å². The first-order valence-electron chi connectivity index (χ1n) is 30.2. The van der Waals surface area contributed by atoms with Gasteiger partial charge < -0.3 is 50.8 Å². The molecule has 0 aromatic heterocycles. The maximum Gasteiger partial charge on any atom is 0.318 e. The number of carbonyl (C=O) groups excluding carboxylic acids is 4. The van der Waals surface area contributed by atoms with Gasteiger partial charge in [-0.05, 0) is 144 Å². The smallest absolute Gasteiger partial charge is 0.318 e. The summed E-state index contributed by atoms with van der Waals surface area (Å²) < 4.78 is 11.9.